The number of carbonyl (C=O) groups is 2. The number of hydrogen-bond donors (Lipinski definition) is 0. The lowest BCUT2D eigenvalue weighted by atomic mass is 9.99. The Hall–Kier alpha value is -2.14. The molecule has 0 N–H and O–H groups in total. The van der Waals surface area contributed by atoms with Crippen LogP contribution >= 0.6 is 11.3 Å². The van der Waals surface area contributed by atoms with Gasteiger partial charge in [0.1, 0.15) is 4.88 Å². The Morgan fingerprint density at radius 3 is 2.65 bits per heavy atom. The minimum Gasteiger partial charge on any atom is -0.451 e. The number of anilines is 1. The van der Waals surface area contributed by atoms with Crippen molar-refractivity contribution >= 4 is 28.9 Å². The molecule has 0 aliphatic heterocycles. The lowest BCUT2D eigenvalue weighted by molar-refractivity contribution is -0.121. The van der Waals surface area contributed by atoms with Gasteiger partial charge in [0.25, 0.3) is 5.91 Å². The zero-order chi connectivity index (χ0) is 16.2. The van der Waals surface area contributed by atoms with Crippen LogP contribution in [0, 0.1) is 0 Å². The van der Waals surface area contributed by atoms with Gasteiger partial charge in [-0.25, -0.2) is 4.79 Å². The van der Waals surface area contributed by atoms with Gasteiger partial charge in [0.2, 0.25) is 0 Å². The first-order valence-corrected chi connectivity index (χ1v) is 8.57. The van der Waals surface area contributed by atoms with Gasteiger partial charge in [0, 0.05) is 17.6 Å². The maximum absolute atomic E-state index is 12.1. The number of amides is 1. The van der Waals surface area contributed by atoms with Crippen molar-refractivity contribution in [2.45, 2.75) is 25.7 Å². The molecule has 0 saturated carbocycles. The van der Waals surface area contributed by atoms with E-state index in [0.717, 1.165) is 18.5 Å². The van der Waals surface area contributed by atoms with E-state index in [2.05, 4.69) is 0 Å². The minimum absolute atomic E-state index is 0.243. The highest BCUT2D eigenvalue weighted by Crippen LogP contribution is 2.30. The van der Waals surface area contributed by atoms with Crippen LogP contribution in [0.4, 0.5) is 5.69 Å². The average molecular weight is 329 g/mol. The number of aryl methyl sites for hydroxylation is 2. The van der Waals surface area contributed by atoms with Crippen molar-refractivity contribution in [2.24, 2.45) is 0 Å². The fraction of sp³-hybridized carbons (Fsp3) is 0.333. The molecule has 5 heteroatoms. The maximum Gasteiger partial charge on any atom is 0.348 e. The zero-order valence-electron chi connectivity index (χ0n) is 13.1. The highest BCUT2D eigenvalue weighted by Gasteiger charge is 2.20. The van der Waals surface area contributed by atoms with Crippen LogP contribution in [0.5, 0.6) is 0 Å². The van der Waals surface area contributed by atoms with Crippen molar-refractivity contribution in [1.29, 1.82) is 0 Å². The Bertz CT molecular complexity index is 685. The van der Waals surface area contributed by atoms with E-state index in [1.807, 2.05) is 36.4 Å². The summed E-state index contributed by atoms with van der Waals surface area (Å²) in [5.41, 5.74) is 2.04. The Labute approximate surface area is 139 Å². The van der Waals surface area contributed by atoms with Crippen molar-refractivity contribution in [3.8, 4) is 0 Å². The molecule has 120 valence electrons. The van der Waals surface area contributed by atoms with Gasteiger partial charge < -0.3 is 9.64 Å². The number of benzene rings is 1. The smallest absolute Gasteiger partial charge is 0.348 e. The van der Waals surface area contributed by atoms with Gasteiger partial charge in [0.15, 0.2) is 6.61 Å². The molecule has 0 atom stereocenters. The molecule has 1 amide bonds. The van der Waals surface area contributed by atoms with E-state index in [9.17, 15) is 9.59 Å². The molecule has 0 fully saturated rings. The van der Waals surface area contributed by atoms with Crippen LogP contribution in [-0.4, -0.2) is 25.5 Å². The van der Waals surface area contributed by atoms with Gasteiger partial charge in [-0.15, -0.1) is 11.3 Å². The van der Waals surface area contributed by atoms with E-state index in [0.29, 0.717) is 4.88 Å². The number of esters is 1. The first-order valence-electron chi connectivity index (χ1n) is 7.75. The van der Waals surface area contributed by atoms with Crippen LogP contribution in [0.15, 0.2) is 36.4 Å². The number of nitrogens with zero attached hydrogens (tertiary/aromatic N) is 1. The fourth-order valence-electron chi connectivity index (χ4n) is 2.68. The highest BCUT2D eigenvalue weighted by atomic mass is 32.1. The first-order chi connectivity index (χ1) is 11.1. The molecule has 1 aromatic heterocycles. The van der Waals surface area contributed by atoms with Crippen LogP contribution in [-0.2, 0) is 22.4 Å². The van der Waals surface area contributed by atoms with Crippen molar-refractivity contribution in [3.63, 3.8) is 0 Å². The number of rotatable bonds is 4. The predicted octanol–water partition coefficient (Wildman–Crippen LogP) is 3.45. The molecule has 1 aliphatic carbocycles. The Balaban J connectivity index is 1.58. The van der Waals surface area contributed by atoms with Crippen molar-refractivity contribution < 1.29 is 14.3 Å². The number of likely N-dealkylation sites (N-methyl/N-ethyl adjacent to an activating group) is 1. The standard InChI is InChI=1S/C18H19NO3S/c1-19(14-8-3-2-4-9-14)17(20)12-22-18(21)16-11-13-7-5-6-10-15(13)23-16/h2-4,8-9,11H,5-7,10,12H2,1H3. The number of para-hydroxylation sites is 1. The largest absolute Gasteiger partial charge is 0.451 e. The molecule has 1 aromatic carbocycles. The number of ether oxygens (including phenoxy) is 1. The molecule has 0 saturated heterocycles. The molecule has 2 aromatic rings. The second-order valence-electron chi connectivity index (χ2n) is 5.63. The first kappa shape index (κ1) is 15.7. The summed E-state index contributed by atoms with van der Waals surface area (Å²) >= 11 is 1.50. The van der Waals surface area contributed by atoms with E-state index in [-0.39, 0.29) is 12.5 Å². The van der Waals surface area contributed by atoms with Crippen LogP contribution in [0.2, 0.25) is 0 Å². The fourth-order valence-corrected chi connectivity index (χ4v) is 3.83. The average Bonchev–Trinajstić information content (AvgIpc) is 3.03. The maximum atomic E-state index is 12.1. The quantitative estimate of drug-likeness (QED) is 0.807. The summed E-state index contributed by atoms with van der Waals surface area (Å²) in [6, 6.07) is 11.2. The lowest BCUT2D eigenvalue weighted by Gasteiger charge is -2.16. The summed E-state index contributed by atoms with van der Waals surface area (Å²) in [5, 5.41) is 0. The molecular weight excluding hydrogens is 310 g/mol. The Morgan fingerprint density at radius 2 is 1.91 bits per heavy atom. The molecule has 0 bridgehead atoms. The summed E-state index contributed by atoms with van der Waals surface area (Å²) in [4.78, 5) is 27.7. The summed E-state index contributed by atoms with van der Waals surface area (Å²) in [5.74, 6) is -0.648. The molecule has 0 spiro atoms. The minimum atomic E-state index is -0.404. The van der Waals surface area contributed by atoms with E-state index in [4.69, 9.17) is 4.74 Å². The molecule has 3 rings (SSSR count). The molecular formula is C18H19NO3S. The van der Waals surface area contributed by atoms with Crippen molar-refractivity contribution in [2.75, 3.05) is 18.6 Å². The second kappa shape index (κ2) is 6.96. The van der Waals surface area contributed by atoms with Gasteiger partial charge >= 0.3 is 5.97 Å². The summed E-state index contributed by atoms with van der Waals surface area (Å²) in [6.45, 7) is -0.243. The molecule has 1 aliphatic rings. The Kier molecular flexibility index (Phi) is 4.76. The van der Waals surface area contributed by atoms with E-state index in [1.165, 1.54) is 39.5 Å². The van der Waals surface area contributed by atoms with E-state index >= 15 is 0 Å². The zero-order valence-corrected chi connectivity index (χ0v) is 13.9. The van der Waals surface area contributed by atoms with Crippen LogP contribution in [0.3, 0.4) is 0 Å². The van der Waals surface area contributed by atoms with Crippen LogP contribution < -0.4 is 4.90 Å². The molecule has 0 radical (unpaired) electrons. The van der Waals surface area contributed by atoms with E-state index < -0.39 is 5.97 Å². The van der Waals surface area contributed by atoms with Crippen LogP contribution in [0.25, 0.3) is 0 Å². The number of thiophene rings is 1. The van der Waals surface area contributed by atoms with Crippen molar-refractivity contribution in [3.05, 3.63) is 51.7 Å². The van der Waals surface area contributed by atoms with Gasteiger partial charge in [-0.1, -0.05) is 18.2 Å². The molecule has 4 nitrogen and oxygen atoms in total. The normalized spacial score (nSPS) is 13.3. The summed E-state index contributed by atoms with van der Waals surface area (Å²) in [6.07, 6.45) is 4.44. The number of fused-ring (bicyclic) bond motifs is 1. The van der Waals surface area contributed by atoms with Crippen LogP contribution in [0.1, 0.15) is 33.0 Å². The van der Waals surface area contributed by atoms with Gasteiger partial charge in [-0.05, 0) is 49.4 Å². The summed E-state index contributed by atoms with van der Waals surface area (Å²) < 4.78 is 5.19. The molecule has 1 heterocycles. The van der Waals surface area contributed by atoms with Gasteiger partial charge in [-0.3, -0.25) is 4.79 Å². The third-order valence-electron chi connectivity index (χ3n) is 4.04. The predicted molar refractivity (Wildman–Crippen MR) is 91.1 cm³/mol. The topological polar surface area (TPSA) is 46.6 Å². The summed E-state index contributed by atoms with van der Waals surface area (Å²) in [7, 11) is 1.68. The molecule has 0 unspecified atom stereocenters. The molecule has 23 heavy (non-hydrogen) atoms. The third kappa shape index (κ3) is 3.62. The number of carbonyl (C=O) groups excluding carboxylic acids is 2. The SMILES string of the molecule is CN(C(=O)COC(=O)c1cc2c(s1)CCCC2)c1ccccc1. The Morgan fingerprint density at radius 1 is 1.17 bits per heavy atom. The highest BCUT2D eigenvalue weighted by molar-refractivity contribution is 7.14. The lowest BCUT2D eigenvalue weighted by Crippen LogP contribution is -2.30. The van der Waals surface area contributed by atoms with Gasteiger partial charge in [0.05, 0.1) is 0 Å². The third-order valence-corrected chi connectivity index (χ3v) is 5.26. The number of hydrogen-bond acceptors (Lipinski definition) is 4. The van der Waals surface area contributed by atoms with Crippen molar-refractivity contribution in [1.82, 2.24) is 0 Å². The van der Waals surface area contributed by atoms with E-state index in [1.54, 1.807) is 7.05 Å². The monoisotopic (exact) mass is 329 g/mol. The van der Waals surface area contributed by atoms with Gasteiger partial charge in [-0.2, -0.15) is 0 Å². The second-order valence-corrected chi connectivity index (χ2v) is 6.77.